The number of rotatable bonds is 4. The number of ether oxygens (including phenoxy) is 1. The lowest BCUT2D eigenvalue weighted by molar-refractivity contribution is -0.118. The Kier molecular flexibility index (Phi) is 4.64. The van der Waals surface area contributed by atoms with Gasteiger partial charge in [0.25, 0.3) is 5.91 Å². The first-order chi connectivity index (χ1) is 9.56. The minimum atomic E-state index is -0.196. The third-order valence-corrected chi connectivity index (χ3v) is 3.28. The van der Waals surface area contributed by atoms with E-state index in [0.717, 1.165) is 16.8 Å². The minimum absolute atomic E-state index is 0.0479. The Balaban J connectivity index is 1.94. The third-order valence-electron chi connectivity index (χ3n) is 3.04. The molecule has 0 saturated carbocycles. The number of carbonyl (C=O) groups is 1. The summed E-state index contributed by atoms with van der Waals surface area (Å²) in [6.45, 7) is 3.93. The van der Waals surface area contributed by atoms with Crippen molar-refractivity contribution in [2.24, 2.45) is 0 Å². The smallest absolute Gasteiger partial charge is 0.262 e. The standard InChI is InChI=1S/C16H16ClNO2/c1-11-5-3-8-15(12(11)2)18-16(19)10-20-14-7-4-6-13(17)9-14/h3-9H,10H2,1-2H3,(H,18,19). The van der Waals surface area contributed by atoms with Gasteiger partial charge in [0.05, 0.1) is 0 Å². The van der Waals surface area contributed by atoms with Crippen molar-refractivity contribution in [1.82, 2.24) is 0 Å². The van der Waals surface area contributed by atoms with Gasteiger partial charge in [-0.25, -0.2) is 0 Å². The number of carbonyl (C=O) groups excluding carboxylic acids is 1. The third kappa shape index (κ3) is 3.75. The molecule has 0 spiro atoms. The van der Waals surface area contributed by atoms with E-state index in [9.17, 15) is 4.79 Å². The van der Waals surface area contributed by atoms with Gasteiger partial charge in [0.2, 0.25) is 0 Å². The van der Waals surface area contributed by atoms with E-state index in [0.29, 0.717) is 10.8 Å². The molecule has 3 nitrogen and oxygen atoms in total. The zero-order valence-corrected chi connectivity index (χ0v) is 12.2. The van der Waals surface area contributed by atoms with E-state index < -0.39 is 0 Å². The molecule has 4 heteroatoms. The number of aryl methyl sites for hydroxylation is 1. The van der Waals surface area contributed by atoms with Gasteiger partial charge in [-0.2, -0.15) is 0 Å². The quantitative estimate of drug-likeness (QED) is 0.925. The van der Waals surface area contributed by atoms with Gasteiger partial charge in [-0.3, -0.25) is 4.79 Å². The molecule has 0 saturated heterocycles. The van der Waals surface area contributed by atoms with E-state index in [1.54, 1.807) is 24.3 Å². The number of benzene rings is 2. The molecule has 20 heavy (non-hydrogen) atoms. The summed E-state index contributed by atoms with van der Waals surface area (Å²) < 4.78 is 5.39. The summed E-state index contributed by atoms with van der Waals surface area (Å²) >= 11 is 5.85. The zero-order chi connectivity index (χ0) is 14.5. The van der Waals surface area contributed by atoms with Crippen LogP contribution in [0.25, 0.3) is 0 Å². The lowest BCUT2D eigenvalue weighted by atomic mass is 10.1. The van der Waals surface area contributed by atoms with E-state index in [1.165, 1.54) is 0 Å². The molecule has 0 bridgehead atoms. The molecule has 104 valence electrons. The van der Waals surface area contributed by atoms with Gasteiger partial charge in [-0.05, 0) is 49.2 Å². The van der Waals surface area contributed by atoms with E-state index in [1.807, 2.05) is 32.0 Å². The molecule has 0 aliphatic carbocycles. The Morgan fingerprint density at radius 3 is 2.70 bits per heavy atom. The van der Waals surface area contributed by atoms with Crippen molar-refractivity contribution in [3.8, 4) is 5.75 Å². The van der Waals surface area contributed by atoms with Crippen molar-refractivity contribution in [3.63, 3.8) is 0 Å². The van der Waals surface area contributed by atoms with Crippen LogP contribution < -0.4 is 10.1 Å². The fourth-order valence-electron chi connectivity index (χ4n) is 1.78. The molecule has 0 aliphatic heterocycles. The molecule has 0 aliphatic rings. The molecule has 0 atom stereocenters. The van der Waals surface area contributed by atoms with Crippen LogP contribution in [-0.2, 0) is 4.79 Å². The second kappa shape index (κ2) is 6.44. The fraction of sp³-hybridized carbons (Fsp3) is 0.188. The van der Waals surface area contributed by atoms with Crippen molar-refractivity contribution >= 4 is 23.2 Å². The van der Waals surface area contributed by atoms with Gasteiger partial charge in [-0.15, -0.1) is 0 Å². The summed E-state index contributed by atoms with van der Waals surface area (Å²) in [6.07, 6.45) is 0. The Morgan fingerprint density at radius 2 is 1.95 bits per heavy atom. The van der Waals surface area contributed by atoms with Gasteiger partial charge in [0.1, 0.15) is 5.75 Å². The molecule has 0 fully saturated rings. The molecule has 0 unspecified atom stereocenters. The first-order valence-corrected chi connectivity index (χ1v) is 6.68. The molecule has 0 radical (unpaired) electrons. The Hall–Kier alpha value is -2.00. The normalized spacial score (nSPS) is 10.2. The molecule has 2 rings (SSSR count). The average molecular weight is 290 g/mol. The molecular weight excluding hydrogens is 274 g/mol. The predicted octanol–water partition coefficient (Wildman–Crippen LogP) is 3.97. The molecular formula is C16H16ClNO2. The highest BCUT2D eigenvalue weighted by Crippen LogP contribution is 2.19. The average Bonchev–Trinajstić information content (AvgIpc) is 2.42. The van der Waals surface area contributed by atoms with Crippen LogP contribution in [0.5, 0.6) is 5.75 Å². The van der Waals surface area contributed by atoms with Gasteiger partial charge in [0, 0.05) is 10.7 Å². The Bertz CT molecular complexity index is 626. The zero-order valence-electron chi connectivity index (χ0n) is 11.4. The first-order valence-electron chi connectivity index (χ1n) is 6.30. The second-order valence-electron chi connectivity index (χ2n) is 4.54. The summed E-state index contributed by atoms with van der Waals surface area (Å²) in [5.74, 6) is 0.382. The van der Waals surface area contributed by atoms with Crippen molar-refractivity contribution in [2.75, 3.05) is 11.9 Å². The van der Waals surface area contributed by atoms with Crippen LogP contribution >= 0.6 is 11.6 Å². The summed E-state index contributed by atoms with van der Waals surface area (Å²) in [6, 6.07) is 12.8. The predicted molar refractivity (Wildman–Crippen MR) is 81.5 cm³/mol. The maximum absolute atomic E-state index is 11.9. The maximum Gasteiger partial charge on any atom is 0.262 e. The molecule has 1 amide bonds. The monoisotopic (exact) mass is 289 g/mol. The van der Waals surface area contributed by atoms with Crippen molar-refractivity contribution in [2.45, 2.75) is 13.8 Å². The summed E-state index contributed by atoms with van der Waals surface area (Å²) in [7, 11) is 0. The fourth-order valence-corrected chi connectivity index (χ4v) is 1.96. The molecule has 1 N–H and O–H groups in total. The van der Waals surface area contributed by atoms with E-state index in [4.69, 9.17) is 16.3 Å². The second-order valence-corrected chi connectivity index (χ2v) is 4.98. The van der Waals surface area contributed by atoms with Crippen LogP contribution in [0.3, 0.4) is 0 Å². The van der Waals surface area contributed by atoms with Gasteiger partial charge >= 0.3 is 0 Å². The van der Waals surface area contributed by atoms with Crippen LogP contribution in [-0.4, -0.2) is 12.5 Å². The summed E-state index contributed by atoms with van der Waals surface area (Å²) in [4.78, 5) is 11.9. The van der Waals surface area contributed by atoms with Crippen LogP contribution in [0.1, 0.15) is 11.1 Å². The lowest BCUT2D eigenvalue weighted by Gasteiger charge is -2.11. The maximum atomic E-state index is 11.9. The van der Waals surface area contributed by atoms with Crippen LogP contribution in [0.4, 0.5) is 5.69 Å². The molecule has 0 aromatic heterocycles. The lowest BCUT2D eigenvalue weighted by Crippen LogP contribution is -2.20. The van der Waals surface area contributed by atoms with Crippen LogP contribution in [0.15, 0.2) is 42.5 Å². The molecule has 0 heterocycles. The molecule has 2 aromatic rings. The van der Waals surface area contributed by atoms with Gasteiger partial charge < -0.3 is 10.1 Å². The number of nitrogens with one attached hydrogen (secondary N) is 1. The Morgan fingerprint density at radius 1 is 1.20 bits per heavy atom. The first kappa shape index (κ1) is 14.4. The van der Waals surface area contributed by atoms with Gasteiger partial charge in [0.15, 0.2) is 6.61 Å². The van der Waals surface area contributed by atoms with Crippen molar-refractivity contribution in [1.29, 1.82) is 0 Å². The SMILES string of the molecule is Cc1cccc(NC(=O)COc2cccc(Cl)c2)c1C. The van der Waals surface area contributed by atoms with E-state index >= 15 is 0 Å². The topological polar surface area (TPSA) is 38.3 Å². The van der Waals surface area contributed by atoms with Crippen LogP contribution in [0.2, 0.25) is 5.02 Å². The van der Waals surface area contributed by atoms with E-state index in [2.05, 4.69) is 5.32 Å². The highest BCUT2D eigenvalue weighted by molar-refractivity contribution is 6.30. The van der Waals surface area contributed by atoms with Crippen LogP contribution in [0, 0.1) is 13.8 Å². The highest BCUT2D eigenvalue weighted by atomic mass is 35.5. The number of anilines is 1. The Labute approximate surface area is 123 Å². The molecule has 2 aromatic carbocycles. The largest absolute Gasteiger partial charge is 0.484 e. The van der Waals surface area contributed by atoms with Crippen molar-refractivity contribution in [3.05, 3.63) is 58.6 Å². The van der Waals surface area contributed by atoms with E-state index in [-0.39, 0.29) is 12.5 Å². The minimum Gasteiger partial charge on any atom is -0.484 e. The number of amides is 1. The summed E-state index contributed by atoms with van der Waals surface area (Å²) in [5.41, 5.74) is 3.01. The highest BCUT2D eigenvalue weighted by Gasteiger charge is 2.07. The number of hydrogen-bond donors (Lipinski definition) is 1. The number of hydrogen-bond acceptors (Lipinski definition) is 2. The number of halogens is 1. The van der Waals surface area contributed by atoms with Crippen molar-refractivity contribution < 1.29 is 9.53 Å². The van der Waals surface area contributed by atoms with Gasteiger partial charge in [-0.1, -0.05) is 29.8 Å². The summed E-state index contributed by atoms with van der Waals surface area (Å²) in [5, 5.41) is 3.42.